The maximum absolute atomic E-state index is 13.8. The van der Waals surface area contributed by atoms with E-state index in [2.05, 4.69) is 22.1 Å². The Balaban J connectivity index is 1.72. The number of amides is 1. The predicted octanol–water partition coefficient (Wildman–Crippen LogP) is 4.56. The molecule has 1 amide bonds. The largest absolute Gasteiger partial charge is 0.469 e. The van der Waals surface area contributed by atoms with E-state index in [0.29, 0.717) is 17.5 Å². The van der Waals surface area contributed by atoms with Crippen LogP contribution < -0.4 is 5.32 Å². The van der Waals surface area contributed by atoms with Crippen LogP contribution in [0.15, 0.2) is 52.8 Å². The normalized spacial score (nSPS) is 10.8. The molecular weight excluding hydrogens is 391 g/mol. The number of furan rings is 1. The Kier molecular flexibility index (Phi) is 5.98. The van der Waals surface area contributed by atoms with Gasteiger partial charge in [0.15, 0.2) is 11.0 Å². The van der Waals surface area contributed by atoms with Crippen LogP contribution in [0.4, 0.5) is 10.1 Å². The Labute approximate surface area is 164 Å². The number of hydrogen-bond donors (Lipinski definition) is 1. The van der Waals surface area contributed by atoms with E-state index in [0.717, 1.165) is 17.4 Å². The maximum Gasteiger partial charge on any atom is 0.234 e. The zero-order valence-corrected chi connectivity index (χ0v) is 16.0. The molecule has 0 spiro atoms. The first-order valence-corrected chi connectivity index (χ1v) is 9.32. The molecule has 2 heterocycles. The van der Waals surface area contributed by atoms with Gasteiger partial charge in [0, 0.05) is 11.6 Å². The summed E-state index contributed by atoms with van der Waals surface area (Å²) in [6.45, 7) is 6.06. The molecule has 3 rings (SSSR count). The van der Waals surface area contributed by atoms with E-state index in [1.165, 1.54) is 23.9 Å². The number of nitrogens with zero attached hydrogens (tertiary/aromatic N) is 3. The van der Waals surface area contributed by atoms with Gasteiger partial charge in [0.05, 0.1) is 23.3 Å². The average molecular weight is 407 g/mol. The molecule has 27 heavy (non-hydrogen) atoms. The molecule has 1 N–H and O–H groups in total. The molecule has 140 valence electrons. The summed E-state index contributed by atoms with van der Waals surface area (Å²) in [5, 5.41) is 11.7. The van der Waals surface area contributed by atoms with E-state index in [4.69, 9.17) is 16.0 Å². The summed E-state index contributed by atoms with van der Waals surface area (Å²) in [7, 11) is 0. The van der Waals surface area contributed by atoms with Gasteiger partial charge in [-0.25, -0.2) is 4.39 Å². The van der Waals surface area contributed by atoms with Gasteiger partial charge in [0.2, 0.25) is 5.91 Å². The van der Waals surface area contributed by atoms with Gasteiger partial charge in [-0.2, -0.15) is 0 Å². The van der Waals surface area contributed by atoms with Gasteiger partial charge >= 0.3 is 0 Å². The monoisotopic (exact) mass is 406 g/mol. The Morgan fingerprint density at radius 3 is 2.93 bits per heavy atom. The van der Waals surface area contributed by atoms with Gasteiger partial charge in [0.1, 0.15) is 11.6 Å². The lowest BCUT2D eigenvalue weighted by atomic mass is 10.2. The lowest BCUT2D eigenvalue weighted by Crippen LogP contribution is -2.15. The fraction of sp³-hybridized carbons (Fsp3) is 0.167. The van der Waals surface area contributed by atoms with Gasteiger partial charge in [-0.1, -0.05) is 29.4 Å². The summed E-state index contributed by atoms with van der Waals surface area (Å²) in [5.74, 6) is 0.443. The number of aryl methyl sites for hydroxylation is 1. The molecule has 0 saturated carbocycles. The number of halogens is 2. The number of hydrogen-bond acceptors (Lipinski definition) is 5. The number of rotatable bonds is 7. The van der Waals surface area contributed by atoms with Crippen molar-refractivity contribution in [2.45, 2.75) is 18.6 Å². The van der Waals surface area contributed by atoms with Crippen molar-refractivity contribution in [3.05, 3.63) is 59.8 Å². The first-order chi connectivity index (χ1) is 13.0. The van der Waals surface area contributed by atoms with Crippen LogP contribution >= 0.6 is 23.4 Å². The summed E-state index contributed by atoms with van der Waals surface area (Å²) >= 11 is 6.91. The molecule has 2 aromatic heterocycles. The fourth-order valence-electron chi connectivity index (χ4n) is 2.41. The smallest absolute Gasteiger partial charge is 0.234 e. The first kappa shape index (κ1) is 19.2. The number of benzene rings is 1. The molecule has 0 saturated heterocycles. The zero-order chi connectivity index (χ0) is 19.4. The Morgan fingerprint density at radius 2 is 2.26 bits per heavy atom. The number of thioether (sulfide) groups is 1. The van der Waals surface area contributed by atoms with Crippen LogP contribution in [0, 0.1) is 12.7 Å². The van der Waals surface area contributed by atoms with Crippen molar-refractivity contribution in [3.8, 4) is 11.4 Å². The maximum atomic E-state index is 13.8. The molecule has 9 heteroatoms. The molecule has 1 aromatic carbocycles. The highest BCUT2D eigenvalue weighted by atomic mass is 35.5. The minimum absolute atomic E-state index is 0.0434. The first-order valence-electron chi connectivity index (χ1n) is 7.96. The molecule has 3 aromatic rings. The molecule has 6 nitrogen and oxygen atoms in total. The molecule has 0 bridgehead atoms. The van der Waals surface area contributed by atoms with E-state index in [1.54, 1.807) is 12.3 Å². The summed E-state index contributed by atoms with van der Waals surface area (Å²) in [4.78, 5) is 12.2. The second kappa shape index (κ2) is 8.41. The quantitative estimate of drug-likeness (QED) is 0.460. The molecular formula is C18H16ClFN4O2S. The Hall–Kier alpha value is -2.58. The van der Waals surface area contributed by atoms with E-state index in [-0.39, 0.29) is 22.4 Å². The van der Waals surface area contributed by atoms with Crippen molar-refractivity contribution in [1.29, 1.82) is 0 Å². The molecule has 0 aliphatic heterocycles. The van der Waals surface area contributed by atoms with Crippen molar-refractivity contribution < 1.29 is 13.6 Å². The number of nitrogens with one attached hydrogen (secondary N) is 1. The summed E-state index contributed by atoms with van der Waals surface area (Å²) in [6.07, 6.45) is 3.30. The van der Waals surface area contributed by atoms with Crippen LogP contribution in [-0.4, -0.2) is 26.4 Å². The van der Waals surface area contributed by atoms with Crippen molar-refractivity contribution in [3.63, 3.8) is 0 Å². The van der Waals surface area contributed by atoms with Gasteiger partial charge in [-0.3, -0.25) is 9.36 Å². The van der Waals surface area contributed by atoms with E-state index < -0.39 is 5.82 Å². The second-order valence-corrected chi connectivity index (χ2v) is 6.94. The highest BCUT2D eigenvalue weighted by Crippen LogP contribution is 2.27. The lowest BCUT2D eigenvalue weighted by molar-refractivity contribution is -0.113. The lowest BCUT2D eigenvalue weighted by Gasteiger charge is -2.08. The number of aromatic nitrogens is 3. The van der Waals surface area contributed by atoms with Crippen molar-refractivity contribution in [1.82, 2.24) is 14.8 Å². The molecule has 0 radical (unpaired) electrons. The van der Waals surface area contributed by atoms with Crippen LogP contribution in [0.25, 0.3) is 11.4 Å². The Morgan fingerprint density at radius 1 is 1.44 bits per heavy atom. The molecule has 0 aliphatic rings. The van der Waals surface area contributed by atoms with Crippen molar-refractivity contribution in [2.75, 3.05) is 11.1 Å². The van der Waals surface area contributed by atoms with E-state index in [1.807, 2.05) is 17.6 Å². The Bertz CT molecular complexity index is 986. The van der Waals surface area contributed by atoms with Gasteiger partial charge in [-0.05, 0) is 31.2 Å². The molecule has 0 fully saturated rings. The van der Waals surface area contributed by atoms with Crippen molar-refractivity contribution >= 4 is 35.0 Å². The molecule has 0 atom stereocenters. The van der Waals surface area contributed by atoms with Crippen LogP contribution in [0.1, 0.15) is 5.76 Å². The zero-order valence-electron chi connectivity index (χ0n) is 14.4. The summed E-state index contributed by atoms with van der Waals surface area (Å²) in [5.41, 5.74) is 0.899. The third-order valence-corrected chi connectivity index (χ3v) is 4.87. The molecule has 0 unspecified atom stereocenters. The number of carbonyl (C=O) groups is 1. The van der Waals surface area contributed by atoms with Crippen molar-refractivity contribution in [2.24, 2.45) is 0 Å². The van der Waals surface area contributed by atoms with Gasteiger partial charge in [0.25, 0.3) is 0 Å². The van der Waals surface area contributed by atoms with E-state index in [9.17, 15) is 9.18 Å². The predicted molar refractivity (Wildman–Crippen MR) is 103 cm³/mol. The third kappa shape index (κ3) is 4.40. The summed E-state index contributed by atoms with van der Waals surface area (Å²) in [6, 6.07) is 5.88. The molecule has 0 aliphatic carbocycles. The topological polar surface area (TPSA) is 73.0 Å². The highest BCUT2D eigenvalue weighted by molar-refractivity contribution is 7.99. The summed E-state index contributed by atoms with van der Waals surface area (Å²) < 4.78 is 20.9. The number of anilines is 1. The van der Waals surface area contributed by atoms with E-state index >= 15 is 0 Å². The average Bonchev–Trinajstić information content (AvgIpc) is 3.22. The fourth-order valence-corrected chi connectivity index (χ4v) is 3.32. The van der Waals surface area contributed by atoms with Crippen LogP contribution in [-0.2, 0) is 11.3 Å². The minimum Gasteiger partial charge on any atom is -0.469 e. The van der Waals surface area contributed by atoms with Gasteiger partial charge < -0.3 is 9.73 Å². The second-order valence-electron chi connectivity index (χ2n) is 5.56. The van der Waals surface area contributed by atoms with Crippen LogP contribution in [0.2, 0.25) is 5.02 Å². The minimum atomic E-state index is -0.589. The number of carbonyl (C=O) groups excluding carboxylic acids is 1. The number of allylic oxidation sites excluding steroid dienone is 1. The highest BCUT2D eigenvalue weighted by Gasteiger charge is 2.18. The standard InChI is InChI=1S/C18H16ClFN4O2S/c1-3-7-24-17(13-6-8-26-11(13)2)22-23-18(24)27-10-16(25)21-15-5-4-12(19)9-14(15)20/h3-6,8-9H,1,7,10H2,2H3,(H,21,25). The van der Waals surface area contributed by atoms with Gasteiger partial charge in [-0.15, -0.1) is 16.8 Å². The van der Waals surface area contributed by atoms with Crippen LogP contribution in [0.3, 0.4) is 0 Å². The third-order valence-electron chi connectivity index (χ3n) is 3.67. The SMILES string of the molecule is C=CCn1c(SCC(=O)Nc2ccc(Cl)cc2F)nnc1-c1ccoc1C. The van der Waals surface area contributed by atoms with Crippen LogP contribution in [0.5, 0.6) is 0 Å².